The van der Waals surface area contributed by atoms with Crippen molar-refractivity contribution in [3.05, 3.63) is 10.4 Å². The van der Waals surface area contributed by atoms with Gasteiger partial charge in [0.15, 0.2) is 0 Å². The molecule has 19 heavy (non-hydrogen) atoms. The van der Waals surface area contributed by atoms with Gasteiger partial charge in [-0.1, -0.05) is 0 Å². The molecule has 0 radical (unpaired) electrons. The highest BCUT2D eigenvalue weighted by molar-refractivity contribution is 7.18. The van der Waals surface area contributed by atoms with Gasteiger partial charge in [0.2, 0.25) is 0 Å². The van der Waals surface area contributed by atoms with E-state index < -0.39 is 0 Å². The molecule has 1 rings (SSSR count). The Balaban J connectivity index is 2.97. The van der Waals surface area contributed by atoms with Gasteiger partial charge in [0.1, 0.15) is 21.5 Å². The van der Waals surface area contributed by atoms with Crippen LogP contribution in [0.15, 0.2) is 0 Å². The zero-order valence-corrected chi connectivity index (χ0v) is 12.5. The maximum atomic E-state index is 11.9. The molecule has 0 unspecified atom stereocenters. The van der Waals surface area contributed by atoms with Crippen molar-refractivity contribution in [2.75, 3.05) is 52.3 Å². The van der Waals surface area contributed by atoms with Gasteiger partial charge in [-0.25, -0.2) is 0 Å². The van der Waals surface area contributed by atoms with E-state index in [4.69, 9.17) is 11.0 Å². The average Bonchev–Trinajstić information content (AvgIpc) is 2.64. The predicted molar refractivity (Wildman–Crippen MR) is 78.5 cm³/mol. The first-order valence-electron chi connectivity index (χ1n) is 5.81. The molecule has 1 heterocycles. The molecule has 3 N–H and O–H groups in total. The van der Waals surface area contributed by atoms with Crippen LogP contribution in [0.25, 0.3) is 0 Å². The Kier molecular flexibility index (Phi) is 5.15. The van der Waals surface area contributed by atoms with Crippen molar-refractivity contribution in [1.82, 2.24) is 9.80 Å². The Bertz CT molecular complexity index is 501. The van der Waals surface area contributed by atoms with Gasteiger partial charge in [-0.3, -0.25) is 4.79 Å². The summed E-state index contributed by atoms with van der Waals surface area (Å²) in [6, 6.07) is 2.05. The third kappa shape index (κ3) is 3.59. The number of nitrogens with zero attached hydrogens (tertiary/aromatic N) is 3. The number of thiophene rings is 1. The average molecular weight is 281 g/mol. The zero-order valence-electron chi connectivity index (χ0n) is 11.6. The smallest absolute Gasteiger partial charge is 0.265 e. The molecule has 6 nitrogen and oxygen atoms in total. The summed E-state index contributed by atoms with van der Waals surface area (Å²) in [4.78, 5) is 15.8. The molecule has 1 aromatic rings. The fraction of sp³-hybridized carbons (Fsp3) is 0.500. The fourth-order valence-electron chi connectivity index (χ4n) is 1.43. The molecule has 0 aliphatic carbocycles. The van der Waals surface area contributed by atoms with Gasteiger partial charge in [-0.15, -0.1) is 11.3 Å². The summed E-state index contributed by atoms with van der Waals surface area (Å²) in [6.07, 6.45) is 0. The summed E-state index contributed by atoms with van der Waals surface area (Å²) in [6.45, 7) is 1.52. The van der Waals surface area contributed by atoms with Crippen LogP contribution in [0.4, 0.5) is 10.7 Å². The van der Waals surface area contributed by atoms with Gasteiger partial charge < -0.3 is 20.9 Å². The van der Waals surface area contributed by atoms with E-state index in [0.29, 0.717) is 22.0 Å². The van der Waals surface area contributed by atoms with Crippen LogP contribution in [0.2, 0.25) is 0 Å². The van der Waals surface area contributed by atoms with Crippen LogP contribution in [0, 0.1) is 11.3 Å². The number of nitrogen functional groups attached to an aromatic ring is 1. The second-order valence-corrected chi connectivity index (χ2v) is 5.61. The molecule has 0 saturated carbocycles. The minimum Gasteiger partial charge on any atom is -0.396 e. The molecule has 0 saturated heterocycles. The van der Waals surface area contributed by atoms with E-state index in [-0.39, 0.29) is 11.6 Å². The second-order valence-electron chi connectivity index (χ2n) is 4.59. The van der Waals surface area contributed by atoms with Crippen LogP contribution in [-0.2, 0) is 0 Å². The van der Waals surface area contributed by atoms with Crippen molar-refractivity contribution < 1.29 is 4.79 Å². The molecule has 0 aliphatic heterocycles. The Morgan fingerprint density at radius 1 is 1.42 bits per heavy atom. The maximum absolute atomic E-state index is 11.9. The molecule has 0 atom stereocenters. The van der Waals surface area contributed by atoms with Crippen LogP contribution in [0.5, 0.6) is 0 Å². The summed E-state index contributed by atoms with van der Waals surface area (Å²) in [7, 11) is 7.26. The SMILES string of the molecule is CN(C)CCNc1sc(C(=O)N(C)C)c(N)c1C#N. The van der Waals surface area contributed by atoms with Crippen molar-refractivity contribution in [3.8, 4) is 6.07 Å². The topological polar surface area (TPSA) is 85.4 Å². The minimum absolute atomic E-state index is 0.181. The monoisotopic (exact) mass is 281 g/mol. The summed E-state index contributed by atoms with van der Waals surface area (Å²) in [5.74, 6) is -0.181. The van der Waals surface area contributed by atoms with Crippen molar-refractivity contribution >= 4 is 27.9 Å². The van der Waals surface area contributed by atoms with E-state index in [0.717, 1.165) is 6.54 Å². The highest BCUT2D eigenvalue weighted by Gasteiger charge is 2.21. The summed E-state index contributed by atoms with van der Waals surface area (Å²) in [5, 5.41) is 13.0. The van der Waals surface area contributed by atoms with Crippen LogP contribution in [-0.4, -0.2) is 57.0 Å². The highest BCUT2D eigenvalue weighted by Crippen LogP contribution is 2.35. The maximum Gasteiger partial charge on any atom is 0.265 e. The lowest BCUT2D eigenvalue weighted by molar-refractivity contribution is 0.0833. The summed E-state index contributed by atoms with van der Waals surface area (Å²) < 4.78 is 0. The molecular formula is C12H19N5OS. The van der Waals surface area contributed by atoms with Crippen LogP contribution >= 0.6 is 11.3 Å². The first-order valence-corrected chi connectivity index (χ1v) is 6.62. The van der Waals surface area contributed by atoms with Gasteiger partial charge in [0, 0.05) is 27.2 Å². The van der Waals surface area contributed by atoms with Gasteiger partial charge >= 0.3 is 0 Å². The van der Waals surface area contributed by atoms with Gasteiger partial charge in [-0.2, -0.15) is 5.26 Å². The number of carbonyl (C=O) groups excluding carboxylic acids is 1. The standard InChI is InChI=1S/C12H19N5OS/c1-16(2)6-5-15-11-8(7-13)9(14)10(19-11)12(18)17(3)4/h15H,5-6,14H2,1-4H3. The lowest BCUT2D eigenvalue weighted by Gasteiger charge is -2.10. The number of amides is 1. The number of carbonyl (C=O) groups is 1. The third-order valence-corrected chi connectivity index (χ3v) is 3.65. The third-order valence-electron chi connectivity index (χ3n) is 2.50. The molecule has 104 valence electrons. The molecular weight excluding hydrogens is 262 g/mol. The molecule has 0 aliphatic rings. The van der Waals surface area contributed by atoms with E-state index in [9.17, 15) is 4.79 Å². The lowest BCUT2D eigenvalue weighted by atomic mass is 10.2. The number of hydrogen-bond acceptors (Lipinski definition) is 6. The number of likely N-dealkylation sites (N-methyl/N-ethyl adjacent to an activating group) is 1. The molecule has 0 aromatic carbocycles. The zero-order chi connectivity index (χ0) is 14.6. The summed E-state index contributed by atoms with van der Waals surface area (Å²) in [5.41, 5.74) is 6.49. The molecule has 0 fully saturated rings. The number of hydrogen-bond donors (Lipinski definition) is 2. The van der Waals surface area contributed by atoms with Crippen molar-refractivity contribution in [1.29, 1.82) is 5.26 Å². The molecule has 7 heteroatoms. The van der Waals surface area contributed by atoms with Crippen LogP contribution < -0.4 is 11.1 Å². The number of rotatable bonds is 5. The van der Waals surface area contributed by atoms with Gasteiger partial charge in [0.05, 0.1) is 5.69 Å². The normalized spacial score (nSPS) is 10.3. The molecule has 1 aromatic heterocycles. The fourth-order valence-corrected chi connectivity index (χ4v) is 2.55. The van der Waals surface area contributed by atoms with Crippen LogP contribution in [0.1, 0.15) is 15.2 Å². The number of anilines is 2. The van der Waals surface area contributed by atoms with Crippen molar-refractivity contribution in [2.24, 2.45) is 0 Å². The number of nitrogens with two attached hydrogens (primary N) is 1. The Labute approximate surface area is 117 Å². The molecule has 0 spiro atoms. The van der Waals surface area contributed by atoms with Gasteiger partial charge in [0.25, 0.3) is 5.91 Å². The highest BCUT2D eigenvalue weighted by atomic mass is 32.1. The Hall–Kier alpha value is -1.78. The van der Waals surface area contributed by atoms with Crippen molar-refractivity contribution in [3.63, 3.8) is 0 Å². The van der Waals surface area contributed by atoms with E-state index in [2.05, 4.69) is 11.4 Å². The Morgan fingerprint density at radius 3 is 2.53 bits per heavy atom. The Morgan fingerprint density at radius 2 is 2.05 bits per heavy atom. The largest absolute Gasteiger partial charge is 0.396 e. The van der Waals surface area contributed by atoms with E-state index in [1.54, 1.807) is 14.1 Å². The van der Waals surface area contributed by atoms with Gasteiger partial charge in [-0.05, 0) is 14.1 Å². The number of nitrogens with one attached hydrogen (secondary N) is 1. The minimum atomic E-state index is -0.181. The first kappa shape index (κ1) is 15.3. The summed E-state index contributed by atoms with van der Waals surface area (Å²) >= 11 is 1.23. The predicted octanol–water partition coefficient (Wildman–Crippen LogP) is 0.877. The molecule has 0 bridgehead atoms. The van der Waals surface area contributed by atoms with E-state index in [1.807, 2.05) is 19.0 Å². The quantitative estimate of drug-likeness (QED) is 0.836. The van der Waals surface area contributed by atoms with E-state index in [1.165, 1.54) is 16.2 Å². The number of nitriles is 1. The second kappa shape index (κ2) is 6.41. The molecule has 1 amide bonds. The van der Waals surface area contributed by atoms with Crippen molar-refractivity contribution in [2.45, 2.75) is 0 Å². The van der Waals surface area contributed by atoms with Crippen LogP contribution in [0.3, 0.4) is 0 Å². The van der Waals surface area contributed by atoms with E-state index >= 15 is 0 Å². The first-order chi connectivity index (χ1) is 8.88. The lowest BCUT2D eigenvalue weighted by Crippen LogP contribution is -2.21.